The number of aryl methyl sites for hydroxylation is 1. The number of hydrogen-bond donors (Lipinski definition) is 1. The third-order valence-corrected chi connectivity index (χ3v) is 8.08. The zero-order valence-electron chi connectivity index (χ0n) is 24.1. The Morgan fingerprint density at radius 1 is 1.07 bits per heavy atom. The molecule has 0 amide bonds. The molecular formula is C33H36N4O5. The molecule has 0 aliphatic carbocycles. The van der Waals surface area contributed by atoms with Crippen LogP contribution >= 0.6 is 0 Å². The van der Waals surface area contributed by atoms with Gasteiger partial charge in [-0.2, -0.15) is 9.78 Å². The second kappa shape index (κ2) is 12.3. The van der Waals surface area contributed by atoms with Crippen molar-refractivity contribution in [2.45, 2.75) is 52.3 Å². The summed E-state index contributed by atoms with van der Waals surface area (Å²) in [4.78, 5) is 19.1. The molecule has 9 nitrogen and oxygen atoms in total. The molecule has 2 aromatic heterocycles. The van der Waals surface area contributed by atoms with E-state index in [0.717, 1.165) is 68.0 Å². The quantitative estimate of drug-likeness (QED) is 0.284. The summed E-state index contributed by atoms with van der Waals surface area (Å²) in [6.45, 7) is 8.40. The first-order valence-corrected chi connectivity index (χ1v) is 14.6. The second-order valence-corrected chi connectivity index (χ2v) is 10.8. The average molecular weight is 569 g/mol. The highest BCUT2D eigenvalue weighted by Gasteiger charge is 2.25. The molecule has 2 aromatic carbocycles. The molecule has 2 aliphatic rings. The maximum absolute atomic E-state index is 11.7. The van der Waals surface area contributed by atoms with Crippen molar-refractivity contribution in [2.24, 2.45) is 0 Å². The molecule has 4 aromatic rings. The Labute approximate surface area is 245 Å². The Kier molecular flexibility index (Phi) is 8.21. The number of aromatic nitrogens is 3. The summed E-state index contributed by atoms with van der Waals surface area (Å²) >= 11 is 0. The molecule has 0 bridgehead atoms. The molecule has 0 radical (unpaired) electrons. The highest BCUT2D eigenvalue weighted by molar-refractivity contribution is 5.90. The molecule has 4 heterocycles. The minimum absolute atomic E-state index is 0.00928. The predicted molar refractivity (Wildman–Crippen MR) is 158 cm³/mol. The number of carbonyl (C=O) groups is 1. The molecule has 0 spiro atoms. The van der Waals surface area contributed by atoms with Gasteiger partial charge in [-0.1, -0.05) is 36.4 Å². The van der Waals surface area contributed by atoms with Crippen molar-refractivity contribution in [3.63, 3.8) is 0 Å². The fourth-order valence-electron chi connectivity index (χ4n) is 5.90. The summed E-state index contributed by atoms with van der Waals surface area (Å²) < 4.78 is 19.1. The van der Waals surface area contributed by atoms with Gasteiger partial charge in [-0.25, -0.2) is 9.78 Å². The van der Waals surface area contributed by atoms with Gasteiger partial charge in [-0.3, -0.25) is 4.90 Å². The number of benzene rings is 2. The molecule has 1 fully saturated rings. The lowest BCUT2D eigenvalue weighted by atomic mass is 9.95. The van der Waals surface area contributed by atoms with Crippen LogP contribution in [-0.2, 0) is 24.3 Å². The van der Waals surface area contributed by atoms with Crippen LogP contribution in [0.2, 0.25) is 0 Å². The lowest BCUT2D eigenvalue weighted by Gasteiger charge is -2.37. The third kappa shape index (κ3) is 5.75. The lowest BCUT2D eigenvalue weighted by molar-refractivity contribution is 0.0290. The van der Waals surface area contributed by atoms with Gasteiger partial charge in [0.05, 0.1) is 18.5 Å². The first kappa shape index (κ1) is 27.9. The average Bonchev–Trinajstić information content (AvgIpc) is 3.45. The number of aromatic carboxylic acids is 1. The smallest absolute Gasteiger partial charge is 0.342 e. The molecule has 9 heteroatoms. The predicted octanol–water partition coefficient (Wildman–Crippen LogP) is 5.46. The number of ether oxygens (including phenoxy) is 3. The topological polar surface area (TPSA) is 98.9 Å². The van der Waals surface area contributed by atoms with Crippen LogP contribution in [0.3, 0.4) is 0 Å². The fraction of sp³-hybridized carbons (Fsp3) is 0.364. The van der Waals surface area contributed by atoms with Gasteiger partial charge in [0.15, 0.2) is 5.82 Å². The Morgan fingerprint density at radius 3 is 2.71 bits per heavy atom. The van der Waals surface area contributed by atoms with Crippen LogP contribution in [0.25, 0.3) is 17.1 Å². The fourth-order valence-corrected chi connectivity index (χ4v) is 5.90. The third-order valence-electron chi connectivity index (χ3n) is 8.08. The van der Waals surface area contributed by atoms with Gasteiger partial charge in [-0.05, 0) is 73.6 Å². The van der Waals surface area contributed by atoms with Crippen molar-refractivity contribution in [3.05, 3.63) is 88.6 Å². The summed E-state index contributed by atoms with van der Waals surface area (Å²) in [5, 5.41) is 13.8. The second-order valence-electron chi connectivity index (χ2n) is 10.8. The van der Waals surface area contributed by atoms with Crippen molar-refractivity contribution in [1.29, 1.82) is 0 Å². The molecule has 0 atom stereocenters. The molecule has 1 saturated heterocycles. The SMILES string of the molecule is CCOc1c(C(=O)O)cnn1-c1cccc(-c2cccc(C)c2OCc2ccc3c(c2)CCN(C2CCOCC2)C3)n1. The van der Waals surface area contributed by atoms with E-state index in [9.17, 15) is 9.90 Å². The summed E-state index contributed by atoms with van der Waals surface area (Å²) in [6.07, 6.45) is 4.57. The van der Waals surface area contributed by atoms with E-state index in [1.54, 1.807) is 13.0 Å². The monoisotopic (exact) mass is 568 g/mol. The van der Waals surface area contributed by atoms with Crippen molar-refractivity contribution >= 4 is 5.97 Å². The Balaban J connectivity index is 1.22. The van der Waals surface area contributed by atoms with E-state index in [4.69, 9.17) is 19.2 Å². The molecule has 6 rings (SSSR count). The Hall–Kier alpha value is -4.21. The van der Waals surface area contributed by atoms with Gasteiger partial charge in [0, 0.05) is 37.9 Å². The molecule has 1 N–H and O–H groups in total. The summed E-state index contributed by atoms with van der Waals surface area (Å²) in [5.74, 6) is 0.274. The van der Waals surface area contributed by atoms with E-state index in [1.807, 2.05) is 37.3 Å². The number of carboxylic acids is 1. The first-order chi connectivity index (χ1) is 20.5. The van der Waals surface area contributed by atoms with E-state index >= 15 is 0 Å². The Bertz CT molecular complexity index is 1580. The van der Waals surface area contributed by atoms with Gasteiger partial charge >= 0.3 is 5.97 Å². The zero-order chi connectivity index (χ0) is 29.1. The van der Waals surface area contributed by atoms with Crippen molar-refractivity contribution < 1.29 is 24.1 Å². The van der Waals surface area contributed by atoms with Crippen LogP contribution in [0.5, 0.6) is 11.6 Å². The largest absolute Gasteiger partial charge is 0.488 e. The summed E-state index contributed by atoms with van der Waals surface area (Å²) in [7, 11) is 0. The van der Waals surface area contributed by atoms with E-state index in [0.29, 0.717) is 30.8 Å². The van der Waals surface area contributed by atoms with Gasteiger partial charge in [0.2, 0.25) is 5.88 Å². The van der Waals surface area contributed by atoms with Crippen LogP contribution in [0.1, 0.15) is 52.4 Å². The summed E-state index contributed by atoms with van der Waals surface area (Å²) in [6, 6.07) is 18.9. The number of fused-ring (bicyclic) bond motifs is 1. The molecule has 0 saturated carbocycles. The number of nitrogens with zero attached hydrogens (tertiary/aromatic N) is 4. The van der Waals surface area contributed by atoms with Crippen molar-refractivity contribution in [3.8, 4) is 28.7 Å². The van der Waals surface area contributed by atoms with Crippen molar-refractivity contribution in [1.82, 2.24) is 19.7 Å². The van der Waals surface area contributed by atoms with Gasteiger partial charge < -0.3 is 19.3 Å². The highest BCUT2D eigenvalue weighted by atomic mass is 16.5. The number of hydrogen-bond acceptors (Lipinski definition) is 7. The molecular weight excluding hydrogens is 532 g/mol. The van der Waals surface area contributed by atoms with Crippen LogP contribution in [0.15, 0.2) is 60.8 Å². The normalized spacial score (nSPS) is 15.8. The molecule has 42 heavy (non-hydrogen) atoms. The maximum atomic E-state index is 11.7. The zero-order valence-corrected chi connectivity index (χ0v) is 24.1. The van der Waals surface area contributed by atoms with E-state index < -0.39 is 5.97 Å². The van der Waals surface area contributed by atoms with E-state index in [-0.39, 0.29) is 11.4 Å². The molecule has 2 aliphatic heterocycles. The lowest BCUT2D eigenvalue weighted by Crippen LogP contribution is -2.42. The highest BCUT2D eigenvalue weighted by Crippen LogP contribution is 2.34. The number of rotatable bonds is 9. The standard InChI is InChI=1S/C33H36N4O5/c1-3-41-32-28(33(38)39)19-34-37(32)30-9-5-8-29(35-30)27-7-4-6-22(2)31(27)42-21-23-10-11-25-20-36(15-12-24(25)18-23)26-13-16-40-17-14-26/h4-11,18-19,26H,3,12-17,20-21H2,1-2H3,(H,38,39). The van der Waals surface area contributed by atoms with Crippen LogP contribution in [-0.4, -0.2) is 63.1 Å². The first-order valence-electron chi connectivity index (χ1n) is 14.6. The molecule has 218 valence electrons. The van der Waals surface area contributed by atoms with Gasteiger partial charge in [0.25, 0.3) is 0 Å². The number of pyridine rings is 1. The van der Waals surface area contributed by atoms with E-state index in [1.165, 1.54) is 22.0 Å². The van der Waals surface area contributed by atoms with Crippen molar-refractivity contribution in [2.75, 3.05) is 26.4 Å². The Morgan fingerprint density at radius 2 is 1.90 bits per heavy atom. The number of carboxylic acid groups (broad SMARTS) is 1. The summed E-state index contributed by atoms with van der Waals surface area (Å²) in [5.41, 5.74) is 6.50. The van der Waals surface area contributed by atoms with E-state index in [2.05, 4.69) is 28.2 Å². The maximum Gasteiger partial charge on any atom is 0.342 e. The molecule has 0 unspecified atom stereocenters. The van der Waals surface area contributed by atoms with Crippen LogP contribution in [0, 0.1) is 6.92 Å². The van der Waals surface area contributed by atoms with Gasteiger partial charge in [0.1, 0.15) is 17.9 Å². The van der Waals surface area contributed by atoms with Crippen LogP contribution < -0.4 is 9.47 Å². The minimum atomic E-state index is -1.10. The van der Waals surface area contributed by atoms with Gasteiger partial charge in [-0.15, -0.1) is 0 Å². The minimum Gasteiger partial charge on any atom is -0.488 e. The van der Waals surface area contributed by atoms with Crippen LogP contribution in [0.4, 0.5) is 0 Å². The number of para-hydroxylation sites is 1.